The third kappa shape index (κ3) is 7.75. The van der Waals surface area contributed by atoms with Crippen LogP contribution < -0.4 is 9.62 Å². The Morgan fingerprint density at radius 2 is 1.46 bits per heavy atom. The van der Waals surface area contributed by atoms with Crippen LogP contribution in [0.2, 0.25) is 5.02 Å². The van der Waals surface area contributed by atoms with Gasteiger partial charge in [-0.3, -0.25) is 13.9 Å². The Labute approximate surface area is 253 Å². The van der Waals surface area contributed by atoms with E-state index < -0.39 is 28.5 Å². The number of hydrogen-bond acceptors (Lipinski definition) is 4. The van der Waals surface area contributed by atoms with Crippen molar-refractivity contribution in [3.63, 3.8) is 0 Å². The molecule has 4 aromatic carbocycles. The molecule has 0 saturated heterocycles. The third-order valence-corrected chi connectivity index (χ3v) is 9.04. The maximum atomic E-state index is 14.2. The number of halogens is 2. The second-order valence-corrected chi connectivity index (χ2v) is 12.5. The lowest BCUT2D eigenvalue weighted by atomic mass is 10.0. The molecule has 0 aliphatic heterocycles. The van der Waals surface area contributed by atoms with Crippen molar-refractivity contribution in [2.75, 3.05) is 17.9 Å². The van der Waals surface area contributed by atoms with Gasteiger partial charge in [0.15, 0.2) is 0 Å². The molecule has 4 aromatic rings. The molecule has 0 radical (unpaired) electrons. The van der Waals surface area contributed by atoms with E-state index in [4.69, 9.17) is 11.6 Å². The first-order chi connectivity index (χ1) is 19.7. The zero-order valence-electron chi connectivity index (χ0n) is 22.3. The van der Waals surface area contributed by atoms with Crippen LogP contribution in [0.25, 0.3) is 0 Å². The van der Waals surface area contributed by atoms with Crippen LogP contribution in [-0.4, -0.2) is 44.8 Å². The van der Waals surface area contributed by atoms with E-state index >= 15 is 0 Å². The fourth-order valence-electron chi connectivity index (χ4n) is 4.41. The SMILES string of the molecule is CNC(=O)[C@H](Cc1ccccc1)N(Cc1cccc(Cl)c1)C(=O)CN(c1ccc(Br)cc1)S(=O)(=O)c1ccccc1. The zero-order chi connectivity index (χ0) is 29.4. The summed E-state index contributed by atoms with van der Waals surface area (Å²) in [5, 5.41) is 3.15. The largest absolute Gasteiger partial charge is 0.357 e. The fourth-order valence-corrected chi connectivity index (χ4v) is 6.32. The van der Waals surface area contributed by atoms with Gasteiger partial charge in [-0.2, -0.15) is 0 Å². The average Bonchev–Trinajstić information content (AvgIpc) is 2.98. The van der Waals surface area contributed by atoms with Crippen LogP contribution in [0.5, 0.6) is 0 Å². The van der Waals surface area contributed by atoms with E-state index in [0.29, 0.717) is 16.3 Å². The normalized spacial score (nSPS) is 11.9. The Morgan fingerprint density at radius 1 is 0.854 bits per heavy atom. The topological polar surface area (TPSA) is 86.8 Å². The number of nitrogens with one attached hydrogen (secondary N) is 1. The van der Waals surface area contributed by atoms with Crippen molar-refractivity contribution in [3.05, 3.63) is 130 Å². The number of rotatable bonds is 11. The predicted molar refractivity (Wildman–Crippen MR) is 165 cm³/mol. The molecule has 4 rings (SSSR count). The maximum absolute atomic E-state index is 14.2. The van der Waals surface area contributed by atoms with E-state index in [2.05, 4.69) is 21.2 Å². The molecule has 0 aliphatic rings. The lowest BCUT2D eigenvalue weighted by molar-refractivity contribution is -0.139. The summed E-state index contributed by atoms with van der Waals surface area (Å²) in [6.45, 7) is -0.481. The highest BCUT2D eigenvalue weighted by Crippen LogP contribution is 2.26. The molecule has 0 saturated carbocycles. The van der Waals surface area contributed by atoms with E-state index in [9.17, 15) is 18.0 Å². The van der Waals surface area contributed by atoms with Gasteiger partial charge >= 0.3 is 0 Å². The molecular weight excluding hydrogens is 626 g/mol. The van der Waals surface area contributed by atoms with E-state index in [0.717, 1.165) is 14.3 Å². The summed E-state index contributed by atoms with van der Waals surface area (Å²) in [7, 11) is -2.63. The standard InChI is InChI=1S/C31H29BrClN3O4S/c1-34-31(38)29(20-23-9-4-2-5-10-23)35(21-24-11-8-12-26(33)19-24)30(37)22-36(27-17-15-25(32)16-18-27)41(39,40)28-13-6-3-7-14-28/h2-19,29H,20-22H2,1H3,(H,34,38)/t29-/m0/s1. The van der Waals surface area contributed by atoms with Gasteiger partial charge in [-0.1, -0.05) is 88.2 Å². The molecule has 0 aromatic heterocycles. The third-order valence-electron chi connectivity index (χ3n) is 6.48. The van der Waals surface area contributed by atoms with Crippen LogP contribution in [0, 0.1) is 0 Å². The number of likely N-dealkylation sites (N-methyl/N-ethyl adjacent to an activating group) is 1. The Hall–Kier alpha value is -3.66. The van der Waals surface area contributed by atoms with Crippen LogP contribution >= 0.6 is 27.5 Å². The lowest BCUT2D eigenvalue weighted by Crippen LogP contribution is -2.53. The summed E-state index contributed by atoms with van der Waals surface area (Å²) in [5.74, 6) is -0.915. The predicted octanol–water partition coefficient (Wildman–Crippen LogP) is 5.68. The molecule has 0 spiro atoms. The van der Waals surface area contributed by atoms with Crippen molar-refractivity contribution in [1.29, 1.82) is 0 Å². The summed E-state index contributed by atoms with van der Waals surface area (Å²) < 4.78 is 29.6. The minimum atomic E-state index is -4.14. The fraction of sp³-hybridized carbons (Fsp3) is 0.161. The van der Waals surface area contributed by atoms with Gasteiger partial charge in [-0.15, -0.1) is 0 Å². The number of amides is 2. The van der Waals surface area contributed by atoms with Crippen LogP contribution in [0.3, 0.4) is 0 Å². The van der Waals surface area contributed by atoms with Crippen molar-refractivity contribution >= 4 is 55.1 Å². The molecule has 0 unspecified atom stereocenters. The highest BCUT2D eigenvalue weighted by atomic mass is 79.9. The van der Waals surface area contributed by atoms with Crippen molar-refractivity contribution in [3.8, 4) is 0 Å². The molecule has 1 N–H and O–H groups in total. The number of hydrogen-bond donors (Lipinski definition) is 1. The van der Waals surface area contributed by atoms with Crippen LogP contribution in [0.15, 0.2) is 119 Å². The molecule has 0 bridgehead atoms. The number of anilines is 1. The van der Waals surface area contributed by atoms with Gasteiger partial charge in [-0.05, 0) is 59.7 Å². The summed E-state index contributed by atoms with van der Waals surface area (Å²) in [4.78, 5) is 28.9. The number of carbonyl (C=O) groups excluding carboxylic acids is 2. The molecule has 0 aliphatic carbocycles. The molecule has 10 heteroatoms. The minimum Gasteiger partial charge on any atom is -0.357 e. The first-order valence-corrected chi connectivity index (χ1v) is 15.4. The highest BCUT2D eigenvalue weighted by molar-refractivity contribution is 9.10. The molecule has 41 heavy (non-hydrogen) atoms. The van der Waals surface area contributed by atoms with Gasteiger partial charge in [0.2, 0.25) is 11.8 Å². The molecule has 0 heterocycles. The van der Waals surface area contributed by atoms with E-state index in [1.807, 2.05) is 36.4 Å². The van der Waals surface area contributed by atoms with E-state index in [-0.39, 0.29) is 23.8 Å². The number of carbonyl (C=O) groups is 2. The summed E-state index contributed by atoms with van der Waals surface area (Å²) in [6, 6.07) is 30.1. The minimum absolute atomic E-state index is 0.0455. The molecule has 1 atom stereocenters. The van der Waals surface area contributed by atoms with Crippen LogP contribution in [-0.2, 0) is 32.6 Å². The number of nitrogens with zero attached hydrogens (tertiary/aromatic N) is 2. The Bertz CT molecular complexity index is 1590. The quantitative estimate of drug-likeness (QED) is 0.225. The first-order valence-electron chi connectivity index (χ1n) is 12.8. The van der Waals surface area contributed by atoms with Crippen LogP contribution in [0.4, 0.5) is 5.69 Å². The smallest absolute Gasteiger partial charge is 0.264 e. The van der Waals surface area contributed by atoms with Crippen molar-refractivity contribution in [2.45, 2.75) is 23.9 Å². The zero-order valence-corrected chi connectivity index (χ0v) is 25.4. The van der Waals surface area contributed by atoms with Gasteiger partial charge < -0.3 is 10.2 Å². The maximum Gasteiger partial charge on any atom is 0.264 e. The van der Waals surface area contributed by atoms with Gasteiger partial charge in [0.25, 0.3) is 10.0 Å². The molecule has 0 fully saturated rings. The average molecular weight is 655 g/mol. The van der Waals surface area contributed by atoms with Gasteiger partial charge in [0, 0.05) is 29.5 Å². The Balaban J connectivity index is 1.78. The first kappa shape index (κ1) is 30.3. The van der Waals surface area contributed by atoms with Crippen LogP contribution in [0.1, 0.15) is 11.1 Å². The molecule has 2 amide bonds. The summed E-state index contributed by atoms with van der Waals surface area (Å²) in [6.07, 6.45) is 0.233. The highest BCUT2D eigenvalue weighted by Gasteiger charge is 2.34. The summed E-state index contributed by atoms with van der Waals surface area (Å²) in [5.41, 5.74) is 1.87. The van der Waals surface area contributed by atoms with Gasteiger partial charge in [0.05, 0.1) is 10.6 Å². The lowest BCUT2D eigenvalue weighted by Gasteiger charge is -2.33. The monoisotopic (exact) mass is 653 g/mol. The Kier molecular flexibility index (Phi) is 10.2. The van der Waals surface area contributed by atoms with Crippen molar-refractivity contribution in [2.24, 2.45) is 0 Å². The molecule has 7 nitrogen and oxygen atoms in total. The number of sulfonamides is 1. The Morgan fingerprint density at radius 3 is 2.07 bits per heavy atom. The molecular formula is C31H29BrClN3O4S. The second-order valence-electron chi connectivity index (χ2n) is 9.27. The van der Waals surface area contributed by atoms with Crippen molar-refractivity contribution in [1.82, 2.24) is 10.2 Å². The van der Waals surface area contributed by atoms with Crippen molar-refractivity contribution < 1.29 is 18.0 Å². The van der Waals surface area contributed by atoms with E-state index in [1.165, 1.54) is 24.1 Å². The number of benzene rings is 4. The van der Waals surface area contributed by atoms with Gasteiger partial charge in [-0.25, -0.2) is 8.42 Å². The van der Waals surface area contributed by atoms with Gasteiger partial charge in [0.1, 0.15) is 12.6 Å². The second kappa shape index (κ2) is 13.8. The molecule has 212 valence electrons. The van der Waals surface area contributed by atoms with E-state index in [1.54, 1.807) is 60.7 Å². The summed E-state index contributed by atoms with van der Waals surface area (Å²) >= 11 is 9.62.